The van der Waals surface area contributed by atoms with Gasteiger partial charge in [0.25, 0.3) is 0 Å². The molecule has 1 unspecified atom stereocenters. The first-order chi connectivity index (χ1) is 15.1. The van der Waals surface area contributed by atoms with Crippen LogP contribution in [0.15, 0.2) is 52.7 Å². The van der Waals surface area contributed by atoms with Gasteiger partial charge in [0.15, 0.2) is 0 Å². The zero-order valence-electron chi connectivity index (χ0n) is 19.4. The summed E-state index contributed by atoms with van der Waals surface area (Å²) in [7, 11) is 3.25. The fraction of sp³-hybridized carbons (Fsp3) is 0.458. The molecule has 1 atom stereocenters. The number of methoxy groups -OCH3 is 1. The maximum absolute atomic E-state index is 13.2. The van der Waals surface area contributed by atoms with Gasteiger partial charge in [-0.2, -0.15) is 0 Å². The van der Waals surface area contributed by atoms with Gasteiger partial charge in [0.1, 0.15) is 17.7 Å². The molecule has 2 aliphatic rings. The van der Waals surface area contributed by atoms with Crippen molar-refractivity contribution in [1.82, 2.24) is 4.90 Å². The lowest BCUT2D eigenvalue weighted by Gasteiger charge is -2.44. The molecule has 1 fully saturated rings. The molecular weight excluding hydrogens is 413 g/mol. The molecule has 8 heteroatoms. The van der Waals surface area contributed by atoms with Crippen LogP contribution in [0.5, 0.6) is 0 Å². The Labute approximate surface area is 188 Å². The van der Waals surface area contributed by atoms with E-state index in [1.54, 1.807) is 31.3 Å². The molecular formula is C24H32FN3O4. The molecule has 32 heavy (non-hydrogen) atoms. The van der Waals surface area contributed by atoms with E-state index in [2.05, 4.69) is 9.73 Å². The summed E-state index contributed by atoms with van der Waals surface area (Å²) in [6.45, 7) is 6.12. The number of hydrogen-bond acceptors (Lipinski definition) is 6. The predicted octanol–water partition coefficient (Wildman–Crippen LogP) is 4.16. The number of carbonyl (C=O) groups is 2. The molecule has 0 spiro atoms. The number of aliphatic imine (C=N–C) groups is 1. The van der Waals surface area contributed by atoms with Crippen LogP contribution < -0.4 is 5.73 Å². The van der Waals surface area contributed by atoms with Gasteiger partial charge in [-0.1, -0.05) is 5.57 Å². The number of piperidine rings is 1. The first kappa shape index (κ1) is 25.3. The van der Waals surface area contributed by atoms with Crippen molar-refractivity contribution in [3.8, 4) is 0 Å². The molecule has 174 valence electrons. The number of halogens is 1. The van der Waals surface area contributed by atoms with Crippen LogP contribution in [0.25, 0.3) is 0 Å². The Bertz CT molecular complexity index is 916. The van der Waals surface area contributed by atoms with Gasteiger partial charge in [0.05, 0.1) is 16.8 Å². The number of nitrogens with zero attached hydrogens (tertiary/aromatic N) is 2. The fourth-order valence-corrected chi connectivity index (χ4v) is 3.64. The van der Waals surface area contributed by atoms with Crippen LogP contribution in [0.1, 0.15) is 33.6 Å². The second-order valence-corrected chi connectivity index (χ2v) is 8.85. The summed E-state index contributed by atoms with van der Waals surface area (Å²) in [6.07, 6.45) is 4.66. The maximum atomic E-state index is 13.2. The number of fused-ring (bicyclic) bond motifs is 1. The summed E-state index contributed by atoms with van der Waals surface area (Å²) in [6, 6.07) is 5.86. The van der Waals surface area contributed by atoms with Crippen LogP contribution in [-0.4, -0.2) is 55.9 Å². The molecule has 0 aromatic heterocycles. The molecule has 1 heterocycles. The Hall–Kier alpha value is -3.00. The largest absolute Gasteiger partial charge is 0.444 e. The molecule has 7 nitrogen and oxygen atoms in total. The summed E-state index contributed by atoms with van der Waals surface area (Å²) in [4.78, 5) is 30.8. The van der Waals surface area contributed by atoms with E-state index in [0.29, 0.717) is 36.4 Å². The Morgan fingerprint density at radius 1 is 1.25 bits per heavy atom. The smallest absolute Gasteiger partial charge is 0.410 e. The zero-order chi connectivity index (χ0) is 23.9. The third kappa shape index (κ3) is 6.26. The molecule has 0 radical (unpaired) electrons. The number of nitrogens with two attached hydrogens (primary N) is 1. The molecule has 1 amide bonds. The molecule has 1 aromatic carbocycles. The monoisotopic (exact) mass is 445 g/mol. The summed E-state index contributed by atoms with van der Waals surface area (Å²) >= 11 is 0. The van der Waals surface area contributed by atoms with E-state index in [1.165, 1.54) is 18.3 Å². The third-order valence-corrected chi connectivity index (χ3v) is 5.06. The Morgan fingerprint density at radius 3 is 2.41 bits per heavy atom. The van der Waals surface area contributed by atoms with E-state index in [1.807, 2.05) is 26.8 Å². The Kier molecular flexibility index (Phi) is 8.32. The number of benzene rings is 1. The van der Waals surface area contributed by atoms with Crippen LogP contribution in [0, 0.1) is 11.2 Å². The number of ether oxygens (including phenoxy) is 2. The lowest BCUT2D eigenvalue weighted by molar-refractivity contribution is -0.116. The fourth-order valence-electron chi connectivity index (χ4n) is 3.64. The highest BCUT2D eigenvalue weighted by molar-refractivity contribution is 6.12. The van der Waals surface area contributed by atoms with Crippen LogP contribution in [0.4, 0.5) is 14.9 Å². The number of aldehydes is 1. The van der Waals surface area contributed by atoms with Crippen LogP contribution >= 0.6 is 0 Å². The van der Waals surface area contributed by atoms with Gasteiger partial charge in [-0.15, -0.1) is 0 Å². The summed E-state index contributed by atoms with van der Waals surface area (Å²) in [5.41, 5.74) is 7.25. The summed E-state index contributed by atoms with van der Waals surface area (Å²) < 4.78 is 22.9. The standard InChI is InChI=1S/C22H26FN3O3.C2H6O/c1-21(2,3)29-20(28)26-9-8-16-10-19(25-18-6-4-17(23)5-7-18)15(12-24)11-22(16,13-26)14-27;1-3-2/h4-7,10,12,14H,8-9,11,13,24H2,1-3H3;1-2H3/b15-12-,25-19?;. The first-order valence-corrected chi connectivity index (χ1v) is 10.4. The van der Waals surface area contributed by atoms with Gasteiger partial charge in [-0.05, 0) is 75.7 Å². The Morgan fingerprint density at radius 2 is 1.88 bits per heavy atom. The number of likely N-dealkylation sites (tertiary alicyclic amines) is 1. The number of allylic oxidation sites excluding steroid dienone is 2. The van der Waals surface area contributed by atoms with E-state index in [9.17, 15) is 14.0 Å². The predicted molar refractivity (Wildman–Crippen MR) is 122 cm³/mol. The normalized spacial score (nSPS) is 23.1. The van der Waals surface area contributed by atoms with E-state index in [0.717, 1.165) is 11.9 Å². The maximum Gasteiger partial charge on any atom is 0.410 e. The second-order valence-electron chi connectivity index (χ2n) is 8.85. The van der Waals surface area contributed by atoms with Gasteiger partial charge in [-0.3, -0.25) is 0 Å². The molecule has 1 aliphatic heterocycles. The highest BCUT2D eigenvalue weighted by Gasteiger charge is 2.45. The van der Waals surface area contributed by atoms with Crippen LogP contribution in [0.3, 0.4) is 0 Å². The van der Waals surface area contributed by atoms with Crippen molar-refractivity contribution in [3.05, 3.63) is 53.5 Å². The van der Waals surface area contributed by atoms with Crippen molar-refractivity contribution in [2.45, 2.75) is 39.2 Å². The first-order valence-electron chi connectivity index (χ1n) is 10.4. The van der Waals surface area contributed by atoms with Crippen molar-refractivity contribution < 1.29 is 23.5 Å². The molecule has 2 N–H and O–H groups in total. The minimum atomic E-state index is -0.845. The lowest BCUT2D eigenvalue weighted by atomic mass is 9.68. The minimum absolute atomic E-state index is 0.235. The number of rotatable bonds is 2. The topological polar surface area (TPSA) is 94.2 Å². The molecule has 0 saturated carbocycles. The van der Waals surface area contributed by atoms with Crippen molar-refractivity contribution in [2.24, 2.45) is 16.1 Å². The van der Waals surface area contributed by atoms with E-state index in [4.69, 9.17) is 10.5 Å². The molecule has 3 rings (SSSR count). The van der Waals surface area contributed by atoms with Gasteiger partial charge >= 0.3 is 6.09 Å². The molecule has 1 aliphatic carbocycles. The highest BCUT2D eigenvalue weighted by atomic mass is 19.1. The quantitative estimate of drug-likeness (QED) is 0.690. The minimum Gasteiger partial charge on any atom is -0.444 e. The SMILES string of the molecule is CC(C)(C)OC(=O)N1CCC2=CC(=Nc3ccc(F)cc3)/C(=C\N)CC2(C=O)C1.COC. The van der Waals surface area contributed by atoms with Gasteiger partial charge in [0, 0.05) is 27.3 Å². The second kappa shape index (κ2) is 10.5. The average Bonchev–Trinajstić information content (AvgIpc) is 2.74. The van der Waals surface area contributed by atoms with E-state index >= 15 is 0 Å². The van der Waals surface area contributed by atoms with Crippen molar-refractivity contribution in [3.63, 3.8) is 0 Å². The van der Waals surface area contributed by atoms with E-state index in [-0.39, 0.29) is 12.4 Å². The summed E-state index contributed by atoms with van der Waals surface area (Å²) in [5, 5.41) is 0. The molecule has 1 saturated heterocycles. The zero-order valence-corrected chi connectivity index (χ0v) is 19.4. The number of carbonyl (C=O) groups excluding carboxylic acids is 2. The summed E-state index contributed by atoms with van der Waals surface area (Å²) in [5.74, 6) is -0.333. The van der Waals surface area contributed by atoms with Gasteiger partial charge in [0.2, 0.25) is 0 Å². The van der Waals surface area contributed by atoms with Crippen molar-refractivity contribution in [2.75, 3.05) is 27.3 Å². The molecule has 0 bridgehead atoms. The average molecular weight is 446 g/mol. The third-order valence-electron chi connectivity index (χ3n) is 5.06. The van der Waals surface area contributed by atoms with Gasteiger partial charge in [-0.25, -0.2) is 14.2 Å². The highest BCUT2D eigenvalue weighted by Crippen LogP contribution is 2.43. The number of amides is 1. The Balaban J connectivity index is 0.00000114. The van der Waals surface area contributed by atoms with Gasteiger partial charge < -0.3 is 24.9 Å². The molecule has 1 aromatic rings. The van der Waals surface area contributed by atoms with Crippen LogP contribution in [-0.2, 0) is 14.3 Å². The van der Waals surface area contributed by atoms with Crippen LogP contribution in [0.2, 0.25) is 0 Å². The number of hydrogen-bond donors (Lipinski definition) is 1. The lowest BCUT2D eigenvalue weighted by Crippen LogP contribution is -2.51. The van der Waals surface area contributed by atoms with Crippen molar-refractivity contribution >= 4 is 23.8 Å². The van der Waals surface area contributed by atoms with Crippen molar-refractivity contribution in [1.29, 1.82) is 0 Å². The van der Waals surface area contributed by atoms with E-state index < -0.39 is 17.1 Å².